The third-order valence-electron chi connectivity index (χ3n) is 5.54. The van der Waals surface area contributed by atoms with Crippen molar-refractivity contribution in [3.63, 3.8) is 0 Å². The van der Waals surface area contributed by atoms with Gasteiger partial charge in [-0.3, -0.25) is 4.79 Å². The molecule has 4 aromatic rings. The quantitative estimate of drug-likeness (QED) is 0.378. The molecule has 0 saturated carbocycles. The Labute approximate surface area is 199 Å². The lowest BCUT2D eigenvalue weighted by atomic mass is 9.98. The minimum Gasteiger partial charge on any atom is -0.461 e. The number of aromatic nitrogens is 2. The standard InChI is InChI=1S/C28H27N3O3/c1-3-34-28(33)26-18-20(2)31(30-26)24-16-14-23(15-17-24)27(32)29-25(22-12-8-5-9-13-22)19-21-10-6-4-7-11-21/h4-18,25H,3,19H2,1-2H3,(H,29,32). The van der Waals surface area contributed by atoms with Crippen LogP contribution in [0.3, 0.4) is 0 Å². The van der Waals surface area contributed by atoms with E-state index in [4.69, 9.17) is 4.74 Å². The number of hydrogen-bond donors (Lipinski definition) is 1. The molecule has 1 atom stereocenters. The van der Waals surface area contributed by atoms with Gasteiger partial charge in [0.1, 0.15) is 0 Å². The summed E-state index contributed by atoms with van der Waals surface area (Å²) >= 11 is 0. The molecule has 0 bridgehead atoms. The van der Waals surface area contributed by atoms with Gasteiger partial charge in [0.15, 0.2) is 5.69 Å². The second kappa shape index (κ2) is 10.6. The molecule has 0 fully saturated rings. The third kappa shape index (κ3) is 5.41. The lowest BCUT2D eigenvalue weighted by Crippen LogP contribution is -2.30. The second-order valence-electron chi connectivity index (χ2n) is 7.98. The van der Waals surface area contributed by atoms with Crippen molar-refractivity contribution in [1.29, 1.82) is 0 Å². The zero-order chi connectivity index (χ0) is 23.9. The lowest BCUT2D eigenvalue weighted by molar-refractivity contribution is 0.0518. The highest BCUT2D eigenvalue weighted by molar-refractivity contribution is 5.94. The number of nitrogens with zero attached hydrogens (tertiary/aromatic N) is 2. The summed E-state index contributed by atoms with van der Waals surface area (Å²) in [5.74, 6) is -0.605. The van der Waals surface area contributed by atoms with Crippen LogP contribution in [0.4, 0.5) is 0 Å². The highest BCUT2D eigenvalue weighted by Crippen LogP contribution is 2.20. The average Bonchev–Trinajstić information content (AvgIpc) is 3.27. The monoisotopic (exact) mass is 453 g/mol. The summed E-state index contributed by atoms with van der Waals surface area (Å²) < 4.78 is 6.69. The number of hydrogen-bond acceptors (Lipinski definition) is 4. The first kappa shape index (κ1) is 23.0. The zero-order valence-corrected chi connectivity index (χ0v) is 19.3. The van der Waals surface area contributed by atoms with Crippen molar-refractivity contribution >= 4 is 11.9 Å². The zero-order valence-electron chi connectivity index (χ0n) is 19.3. The van der Waals surface area contributed by atoms with Gasteiger partial charge in [-0.15, -0.1) is 0 Å². The topological polar surface area (TPSA) is 73.2 Å². The molecule has 0 spiro atoms. The highest BCUT2D eigenvalue weighted by Gasteiger charge is 2.18. The Hall–Kier alpha value is -4.19. The van der Waals surface area contributed by atoms with E-state index in [1.807, 2.05) is 67.6 Å². The van der Waals surface area contributed by atoms with Crippen LogP contribution < -0.4 is 5.32 Å². The van der Waals surface area contributed by atoms with Crippen LogP contribution in [-0.2, 0) is 11.2 Å². The van der Waals surface area contributed by atoms with Crippen LogP contribution in [0, 0.1) is 6.92 Å². The number of benzene rings is 3. The molecule has 6 heteroatoms. The maximum atomic E-state index is 13.1. The molecule has 172 valence electrons. The average molecular weight is 454 g/mol. The van der Waals surface area contributed by atoms with E-state index in [9.17, 15) is 9.59 Å². The Morgan fingerprint density at radius 1 is 0.941 bits per heavy atom. The second-order valence-corrected chi connectivity index (χ2v) is 7.98. The summed E-state index contributed by atoms with van der Waals surface area (Å²) in [5, 5.41) is 7.53. The summed E-state index contributed by atoms with van der Waals surface area (Å²) in [6.45, 7) is 3.92. The van der Waals surface area contributed by atoms with Gasteiger partial charge in [0, 0.05) is 11.3 Å². The number of nitrogens with one attached hydrogen (secondary N) is 1. The first-order valence-corrected chi connectivity index (χ1v) is 11.3. The van der Waals surface area contributed by atoms with E-state index in [1.54, 1.807) is 29.8 Å². The first-order chi connectivity index (χ1) is 16.5. The van der Waals surface area contributed by atoms with Gasteiger partial charge >= 0.3 is 5.97 Å². The van der Waals surface area contributed by atoms with Gasteiger partial charge in [0.05, 0.1) is 18.3 Å². The Balaban J connectivity index is 1.52. The fourth-order valence-corrected chi connectivity index (χ4v) is 3.82. The molecule has 0 saturated heterocycles. The van der Waals surface area contributed by atoms with Crippen molar-refractivity contribution in [2.75, 3.05) is 6.61 Å². The molecular formula is C28H27N3O3. The van der Waals surface area contributed by atoms with Crippen molar-refractivity contribution in [2.24, 2.45) is 0 Å². The predicted octanol–water partition coefficient (Wildman–Crippen LogP) is 5.07. The third-order valence-corrected chi connectivity index (χ3v) is 5.54. The van der Waals surface area contributed by atoms with Crippen LogP contribution in [-0.4, -0.2) is 28.3 Å². The molecular weight excluding hydrogens is 426 g/mol. The van der Waals surface area contributed by atoms with Crippen LogP contribution in [0.1, 0.15) is 50.6 Å². The van der Waals surface area contributed by atoms with E-state index in [1.165, 1.54) is 0 Å². The number of carbonyl (C=O) groups excluding carboxylic acids is 2. The minimum absolute atomic E-state index is 0.152. The molecule has 1 N–H and O–H groups in total. The maximum Gasteiger partial charge on any atom is 0.358 e. The van der Waals surface area contributed by atoms with Crippen LogP contribution in [0.5, 0.6) is 0 Å². The molecule has 34 heavy (non-hydrogen) atoms. The molecule has 1 heterocycles. The Morgan fingerprint density at radius 3 is 2.24 bits per heavy atom. The van der Waals surface area contributed by atoms with E-state index < -0.39 is 5.97 Å². The lowest BCUT2D eigenvalue weighted by Gasteiger charge is -2.20. The van der Waals surface area contributed by atoms with E-state index in [2.05, 4.69) is 22.5 Å². The van der Waals surface area contributed by atoms with Gasteiger partial charge in [-0.05, 0) is 61.7 Å². The van der Waals surface area contributed by atoms with E-state index >= 15 is 0 Å². The van der Waals surface area contributed by atoms with Gasteiger partial charge in [-0.1, -0.05) is 60.7 Å². The van der Waals surface area contributed by atoms with Gasteiger partial charge in [-0.2, -0.15) is 5.10 Å². The number of rotatable bonds is 8. The van der Waals surface area contributed by atoms with Crippen molar-refractivity contribution in [3.8, 4) is 5.69 Å². The Bertz CT molecular complexity index is 1250. The van der Waals surface area contributed by atoms with Gasteiger partial charge in [-0.25, -0.2) is 9.48 Å². The summed E-state index contributed by atoms with van der Waals surface area (Å²) in [7, 11) is 0. The summed E-state index contributed by atoms with van der Waals surface area (Å²) in [6, 6.07) is 28.8. The van der Waals surface area contributed by atoms with E-state index in [0.717, 1.165) is 22.5 Å². The fraction of sp³-hybridized carbons (Fsp3) is 0.179. The van der Waals surface area contributed by atoms with Crippen molar-refractivity contribution < 1.29 is 14.3 Å². The summed E-state index contributed by atoms with van der Waals surface area (Å²) in [4.78, 5) is 25.1. The smallest absolute Gasteiger partial charge is 0.358 e. The van der Waals surface area contributed by atoms with Crippen molar-refractivity contribution in [1.82, 2.24) is 15.1 Å². The van der Waals surface area contributed by atoms with Gasteiger partial charge in [0.2, 0.25) is 0 Å². The Morgan fingerprint density at radius 2 is 1.59 bits per heavy atom. The normalized spacial score (nSPS) is 11.6. The van der Waals surface area contributed by atoms with Crippen LogP contribution in [0.2, 0.25) is 0 Å². The molecule has 1 amide bonds. The molecule has 0 aliphatic heterocycles. The molecule has 1 aromatic heterocycles. The van der Waals surface area contributed by atoms with Crippen LogP contribution >= 0.6 is 0 Å². The summed E-state index contributed by atoms with van der Waals surface area (Å²) in [6.07, 6.45) is 0.692. The molecule has 0 aliphatic rings. The number of esters is 1. The minimum atomic E-state index is -0.453. The van der Waals surface area contributed by atoms with E-state index in [0.29, 0.717) is 18.6 Å². The van der Waals surface area contributed by atoms with Crippen molar-refractivity contribution in [2.45, 2.75) is 26.3 Å². The predicted molar refractivity (Wildman–Crippen MR) is 131 cm³/mol. The largest absolute Gasteiger partial charge is 0.461 e. The molecule has 0 aliphatic carbocycles. The number of aryl methyl sites for hydroxylation is 1. The molecule has 3 aromatic carbocycles. The molecule has 1 unspecified atom stereocenters. The SMILES string of the molecule is CCOC(=O)c1cc(C)n(-c2ccc(C(=O)NC(Cc3ccccc3)c3ccccc3)cc2)n1. The summed E-state index contributed by atoms with van der Waals surface area (Å²) in [5.41, 5.74) is 4.57. The van der Waals surface area contributed by atoms with Gasteiger partial charge in [0.25, 0.3) is 5.91 Å². The first-order valence-electron chi connectivity index (χ1n) is 11.3. The van der Waals surface area contributed by atoms with E-state index in [-0.39, 0.29) is 17.6 Å². The molecule has 6 nitrogen and oxygen atoms in total. The number of carbonyl (C=O) groups is 2. The maximum absolute atomic E-state index is 13.1. The number of ether oxygens (including phenoxy) is 1. The van der Waals surface area contributed by atoms with Crippen LogP contribution in [0.15, 0.2) is 91.0 Å². The molecule has 4 rings (SSSR count). The Kier molecular flexibility index (Phi) is 7.18. The fourth-order valence-electron chi connectivity index (χ4n) is 3.82. The van der Waals surface area contributed by atoms with Gasteiger partial charge < -0.3 is 10.1 Å². The highest BCUT2D eigenvalue weighted by atomic mass is 16.5. The van der Waals surface area contributed by atoms with Crippen molar-refractivity contribution in [3.05, 3.63) is 119 Å². The molecule has 0 radical (unpaired) electrons. The number of amides is 1. The van der Waals surface area contributed by atoms with Crippen LogP contribution in [0.25, 0.3) is 5.69 Å².